The Hall–Kier alpha value is -2.58. The highest BCUT2D eigenvalue weighted by Gasteiger charge is 2.25. The molecule has 2 aromatic rings. The minimum absolute atomic E-state index is 0.0107. The Balaban J connectivity index is 1.54. The molecule has 148 valence electrons. The van der Waals surface area contributed by atoms with Gasteiger partial charge in [-0.05, 0) is 29.6 Å². The molecule has 0 atom stereocenters. The summed E-state index contributed by atoms with van der Waals surface area (Å²) in [6, 6.07) is 8.56. The van der Waals surface area contributed by atoms with Crippen molar-refractivity contribution in [2.75, 3.05) is 45.1 Å². The second-order valence-electron chi connectivity index (χ2n) is 6.27. The Kier molecular flexibility index (Phi) is 6.53. The van der Waals surface area contributed by atoms with Crippen molar-refractivity contribution in [2.45, 2.75) is 0 Å². The number of anilines is 1. The molecule has 0 saturated carbocycles. The Labute approximate surface area is 172 Å². The van der Waals surface area contributed by atoms with Crippen LogP contribution in [0.25, 0.3) is 0 Å². The van der Waals surface area contributed by atoms with Gasteiger partial charge in [-0.2, -0.15) is 0 Å². The molecule has 1 aliphatic rings. The van der Waals surface area contributed by atoms with Gasteiger partial charge in [-0.1, -0.05) is 17.7 Å². The first kappa shape index (κ1) is 20.2. The molecule has 3 amide bonds. The summed E-state index contributed by atoms with van der Waals surface area (Å²) in [4.78, 5) is 41.1. The predicted molar refractivity (Wildman–Crippen MR) is 110 cm³/mol. The molecule has 2 N–H and O–H groups in total. The first-order valence-electron chi connectivity index (χ1n) is 8.85. The van der Waals surface area contributed by atoms with Crippen molar-refractivity contribution < 1.29 is 14.4 Å². The van der Waals surface area contributed by atoms with Crippen molar-refractivity contribution >= 4 is 46.3 Å². The van der Waals surface area contributed by atoms with Crippen molar-refractivity contribution in [3.63, 3.8) is 0 Å². The summed E-state index contributed by atoms with van der Waals surface area (Å²) < 4.78 is 0. The summed E-state index contributed by atoms with van der Waals surface area (Å²) in [6.45, 7) is 2.05. The fourth-order valence-electron chi connectivity index (χ4n) is 2.99. The van der Waals surface area contributed by atoms with Gasteiger partial charge < -0.3 is 20.4 Å². The number of amides is 3. The normalized spacial score (nSPS) is 13.9. The summed E-state index contributed by atoms with van der Waals surface area (Å²) in [5.41, 5.74) is 0.928. The smallest absolute Gasteiger partial charge is 0.264 e. The van der Waals surface area contributed by atoms with Crippen LogP contribution < -0.4 is 10.6 Å². The number of halogens is 1. The first-order chi connectivity index (χ1) is 13.5. The molecular formula is C19H21ClN4O3S. The number of hydrogen-bond donors (Lipinski definition) is 2. The number of nitrogens with zero attached hydrogens (tertiary/aromatic N) is 2. The number of benzene rings is 1. The molecule has 28 heavy (non-hydrogen) atoms. The van der Waals surface area contributed by atoms with Crippen LogP contribution in [-0.4, -0.2) is 67.3 Å². The SMILES string of the molecule is CNC(=O)c1cc(Cl)ccc1NCC(=O)N1CCN(C(=O)c2cccs2)CC1. The highest BCUT2D eigenvalue weighted by atomic mass is 35.5. The third-order valence-corrected chi connectivity index (χ3v) is 5.63. The third-order valence-electron chi connectivity index (χ3n) is 4.53. The fourth-order valence-corrected chi connectivity index (χ4v) is 3.85. The lowest BCUT2D eigenvalue weighted by Gasteiger charge is -2.34. The first-order valence-corrected chi connectivity index (χ1v) is 10.1. The van der Waals surface area contributed by atoms with Crippen LogP contribution in [-0.2, 0) is 4.79 Å². The van der Waals surface area contributed by atoms with Crippen LogP contribution >= 0.6 is 22.9 Å². The number of carbonyl (C=O) groups excluding carboxylic acids is 3. The van der Waals surface area contributed by atoms with Crippen molar-refractivity contribution in [3.05, 3.63) is 51.2 Å². The van der Waals surface area contributed by atoms with Gasteiger partial charge in [0.25, 0.3) is 11.8 Å². The molecule has 1 aliphatic heterocycles. The average Bonchev–Trinajstić information content (AvgIpc) is 3.26. The van der Waals surface area contributed by atoms with Crippen molar-refractivity contribution in [1.82, 2.24) is 15.1 Å². The monoisotopic (exact) mass is 420 g/mol. The quantitative estimate of drug-likeness (QED) is 0.776. The highest BCUT2D eigenvalue weighted by molar-refractivity contribution is 7.12. The van der Waals surface area contributed by atoms with Crippen LogP contribution in [0.2, 0.25) is 5.02 Å². The van der Waals surface area contributed by atoms with Gasteiger partial charge >= 0.3 is 0 Å². The second-order valence-corrected chi connectivity index (χ2v) is 7.66. The number of piperazine rings is 1. The van der Waals surface area contributed by atoms with Gasteiger partial charge in [0.15, 0.2) is 0 Å². The Morgan fingerprint density at radius 2 is 1.82 bits per heavy atom. The van der Waals surface area contributed by atoms with E-state index in [9.17, 15) is 14.4 Å². The van der Waals surface area contributed by atoms with E-state index in [1.54, 1.807) is 28.0 Å². The molecule has 0 aliphatic carbocycles. The molecule has 1 aromatic carbocycles. The molecule has 9 heteroatoms. The number of thiophene rings is 1. The molecule has 0 bridgehead atoms. The molecule has 1 aromatic heterocycles. The number of carbonyl (C=O) groups is 3. The van der Waals surface area contributed by atoms with Crippen molar-refractivity contribution in [1.29, 1.82) is 0 Å². The van der Waals surface area contributed by atoms with E-state index in [1.807, 2.05) is 17.5 Å². The maximum Gasteiger partial charge on any atom is 0.264 e. The summed E-state index contributed by atoms with van der Waals surface area (Å²) in [5.74, 6) is -0.351. The maximum atomic E-state index is 12.5. The van der Waals surface area contributed by atoms with Crippen LogP contribution in [0.4, 0.5) is 5.69 Å². The molecule has 0 spiro atoms. The van der Waals surface area contributed by atoms with Crippen molar-refractivity contribution in [3.8, 4) is 0 Å². The third kappa shape index (κ3) is 4.63. The Morgan fingerprint density at radius 3 is 2.46 bits per heavy atom. The van der Waals surface area contributed by atoms with Crippen LogP contribution in [0, 0.1) is 0 Å². The fraction of sp³-hybridized carbons (Fsp3) is 0.316. The van der Waals surface area contributed by atoms with Gasteiger partial charge in [0, 0.05) is 43.9 Å². The second kappa shape index (κ2) is 9.07. The summed E-state index contributed by atoms with van der Waals surface area (Å²) >= 11 is 7.38. The zero-order chi connectivity index (χ0) is 20.1. The minimum Gasteiger partial charge on any atom is -0.376 e. The summed E-state index contributed by atoms with van der Waals surface area (Å²) in [7, 11) is 1.54. The maximum absolute atomic E-state index is 12.5. The van der Waals surface area contributed by atoms with E-state index in [2.05, 4.69) is 10.6 Å². The predicted octanol–water partition coefficient (Wildman–Crippen LogP) is 2.16. The van der Waals surface area contributed by atoms with Gasteiger partial charge in [-0.25, -0.2) is 0 Å². The van der Waals surface area contributed by atoms with E-state index in [4.69, 9.17) is 11.6 Å². The number of hydrogen-bond acceptors (Lipinski definition) is 5. The summed E-state index contributed by atoms with van der Waals surface area (Å²) in [6.07, 6.45) is 0. The van der Waals surface area contributed by atoms with Gasteiger partial charge in [0.05, 0.1) is 17.0 Å². The van der Waals surface area contributed by atoms with E-state index in [0.717, 1.165) is 0 Å². The van der Waals surface area contributed by atoms with E-state index < -0.39 is 0 Å². The Bertz CT molecular complexity index is 864. The topological polar surface area (TPSA) is 81.8 Å². The minimum atomic E-state index is -0.279. The van der Waals surface area contributed by atoms with E-state index in [1.165, 1.54) is 18.4 Å². The standard InChI is InChI=1S/C19H21ClN4O3S/c1-21-18(26)14-11-13(20)4-5-15(14)22-12-17(25)23-6-8-24(9-7-23)19(27)16-3-2-10-28-16/h2-5,10-11,22H,6-9,12H2,1H3,(H,21,26). The lowest BCUT2D eigenvalue weighted by Crippen LogP contribution is -2.51. The zero-order valence-electron chi connectivity index (χ0n) is 15.4. The molecule has 2 heterocycles. The van der Waals surface area contributed by atoms with E-state index in [0.29, 0.717) is 47.3 Å². The van der Waals surface area contributed by atoms with Gasteiger partial charge in [0.1, 0.15) is 0 Å². The molecular weight excluding hydrogens is 400 g/mol. The lowest BCUT2D eigenvalue weighted by molar-refractivity contribution is -0.130. The van der Waals surface area contributed by atoms with Crippen molar-refractivity contribution in [2.24, 2.45) is 0 Å². The van der Waals surface area contributed by atoms with Crippen LogP contribution in [0.5, 0.6) is 0 Å². The number of rotatable bonds is 5. The van der Waals surface area contributed by atoms with Gasteiger partial charge in [-0.3, -0.25) is 14.4 Å². The molecule has 1 fully saturated rings. The lowest BCUT2D eigenvalue weighted by atomic mass is 10.1. The van der Waals surface area contributed by atoms with Crippen LogP contribution in [0.1, 0.15) is 20.0 Å². The van der Waals surface area contributed by atoms with E-state index in [-0.39, 0.29) is 24.3 Å². The zero-order valence-corrected chi connectivity index (χ0v) is 17.0. The largest absolute Gasteiger partial charge is 0.376 e. The van der Waals surface area contributed by atoms with E-state index >= 15 is 0 Å². The average molecular weight is 421 g/mol. The highest BCUT2D eigenvalue weighted by Crippen LogP contribution is 2.21. The van der Waals surface area contributed by atoms with Crippen LogP contribution in [0.3, 0.4) is 0 Å². The molecule has 0 unspecified atom stereocenters. The molecule has 0 radical (unpaired) electrons. The number of nitrogens with one attached hydrogen (secondary N) is 2. The van der Waals surface area contributed by atoms with Crippen LogP contribution in [0.15, 0.2) is 35.7 Å². The molecule has 3 rings (SSSR count). The van der Waals surface area contributed by atoms with Gasteiger partial charge in [0.2, 0.25) is 5.91 Å². The molecule has 7 nitrogen and oxygen atoms in total. The summed E-state index contributed by atoms with van der Waals surface area (Å²) in [5, 5.41) is 7.90. The molecule has 1 saturated heterocycles. The Morgan fingerprint density at radius 1 is 1.11 bits per heavy atom. The van der Waals surface area contributed by atoms with Gasteiger partial charge in [-0.15, -0.1) is 11.3 Å².